The van der Waals surface area contributed by atoms with Crippen molar-refractivity contribution in [3.05, 3.63) is 318 Å². The van der Waals surface area contributed by atoms with Crippen molar-refractivity contribution in [2.75, 3.05) is 16.4 Å². The first-order valence-electron chi connectivity index (χ1n) is 29.0. The summed E-state index contributed by atoms with van der Waals surface area (Å²) in [5.41, 5.74) is 24.1. The van der Waals surface area contributed by atoms with Crippen molar-refractivity contribution >= 4 is 148 Å². The number of hydrogen-bond acceptors (Lipinski definition) is 3. The maximum atomic E-state index is 5.36. The Morgan fingerprint density at radius 2 is 0.425 bits per heavy atom. The van der Waals surface area contributed by atoms with Crippen molar-refractivity contribution < 1.29 is 0 Å². The Morgan fingerprint density at radius 1 is 0.230 bits per heavy atom. The largest absolute Gasteiger partial charge is 0.399 e. The molecule has 0 amide bonds. The van der Waals surface area contributed by atoms with Crippen LogP contribution in [-0.2, 0) is 0 Å². The van der Waals surface area contributed by atoms with Crippen LogP contribution in [0.15, 0.2) is 318 Å². The first kappa shape index (κ1) is 53.2. The van der Waals surface area contributed by atoms with Gasteiger partial charge in [-0.2, -0.15) is 0 Å². The Morgan fingerprint density at radius 3 is 0.644 bits per heavy atom. The molecule has 0 unspecified atom stereocenters. The second-order valence-corrected chi connectivity index (χ2v) is 23.2. The topological polar surface area (TPSA) is 69.8 Å². The molecule has 0 atom stereocenters. The number of fused-ring (bicyclic) bond motifs is 12. The molecule has 0 bridgehead atoms. The smallest absolute Gasteiger partial charge is 0.0725 e. The van der Waals surface area contributed by atoms with E-state index in [0.717, 1.165) is 60.1 Å². The van der Waals surface area contributed by atoms with E-state index in [2.05, 4.69) is 328 Å². The summed E-state index contributed by atoms with van der Waals surface area (Å²) in [4.78, 5) is 0. The molecule has 4 aromatic heterocycles. The van der Waals surface area contributed by atoms with Crippen LogP contribution in [0.1, 0.15) is 0 Å². The SMILES string of the molecule is Brc1cc(-n2c3ccccc3c3ccccc32)c(-n2c3ccccc3c3ccccc32)cc1Br.Nc1ccccc1.c1ccc(Nc2cc(-n3c4ccccc4c4ccccc43)c(-n3c4ccccc4c4ccccc43)cc2Nc2ccccc2)cc1. The molecule has 13 aromatic carbocycles. The van der Waals surface area contributed by atoms with E-state index in [9.17, 15) is 0 Å². The van der Waals surface area contributed by atoms with E-state index in [-0.39, 0.29) is 0 Å². The lowest BCUT2D eigenvalue weighted by atomic mass is 10.1. The molecule has 416 valence electrons. The number of nitrogens with one attached hydrogen (secondary N) is 2. The van der Waals surface area contributed by atoms with E-state index in [1.54, 1.807) is 0 Å². The third kappa shape index (κ3) is 9.63. The summed E-state index contributed by atoms with van der Waals surface area (Å²) in [6, 6.07) is 109. The van der Waals surface area contributed by atoms with E-state index in [1.165, 1.54) is 87.2 Å². The molecule has 17 aromatic rings. The normalized spacial score (nSPS) is 11.4. The van der Waals surface area contributed by atoms with Gasteiger partial charge in [0, 0.05) is 69.1 Å². The Hall–Kier alpha value is -10.6. The number of halogens is 2. The zero-order valence-corrected chi connectivity index (χ0v) is 50.2. The van der Waals surface area contributed by atoms with E-state index >= 15 is 0 Å². The summed E-state index contributed by atoms with van der Waals surface area (Å²) in [7, 11) is 0. The van der Waals surface area contributed by atoms with Gasteiger partial charge in [-0.15, -0.1) is 0 Å². The molecule has 0 fully saturated rings. The number of benzene rings is 13. The number of nitrogens with two attached hydrogens (primary N) is 1. The maximum absolute atomic E-state index is 5.36. The van der Waals surface area contributed by atoms with Crippen LogP contribution >= 0.6 is 31.9 Å². The van der Waals surface area contributed by atoms with Crippen LogP contribution in [0.25, 0.3) is 110 Å². The lowest BCUT2D eigenvalue weighted by Gasteiger charge is -2.22. The number of anilines is 5. The molecular formula is C78H55Br2N7. The van der Waals surface area contributed by atoms with Crippen LogP contribution in [0.3, 0.4) is 0 Å². The standard InChI is InChI=1S/C42H30N4.C30H18Br2N2.C6H7N/c1-3-15-29(16-4-1)43-35-27-41(45-37-23-11-7-19-31(37)32-20-8-12-24-38(32)45)42(28-36(35)44-30-17-5-2-6-18-30)46-39-25-13-9-21-33(39)34-22-10-14-26-40(34)46;31-23-17-29(33-25-13-5-1-9-19(25)20-10-2-6-14-26(20)33)30(18-24(23)32)34-27-15-7-3-11-21(27)22-12-4-8-16-28(22)34;7-6-4-2-1-3-5-6/h1-28,43-44H;1-18H;1-5H,7H2. The minimum Gasteiger partial charge on any atom is -0.399 e. The zero-order chi connectivity index (χ0) is 58.4. The van der Waals surface area contributed by atoms with Crippen LogP contribution in [0.4, 0.5) is 28.4 Å². The summed E-state index contributed by atoms with van der Waals surface area (Å²) in [6.45, 7) is 0. The third-order valence-electron chi connectivity index (χ3n) is 16.3. The highest BCUT2D eigenvalue weighted by Gasteiger charge is 2.24. The molecule has 0 aliphatic rings. The minimum absolute atomic E-state index is 0.822. The van der Waals surface area contributed by atoms with Gasteiger partial charge in [0.1, 0.15) is 0 Å². The highest BCUT2D eigenvalue weighted by molar-refractivity contribution is 9.13. The Balaban J connectivity index is 0.000000136. The van der Waals surface area contributed by atoms with Crippen LogP contribution in [0.2, 0.25) is 0 Å². The highest BCUT2D eigenvalue weighted by Crippen LogP contribution is 2.44. The summed E-state index contributed by atoms with van der Waals surface area (Å²) < 4.78 is 11.7. The van der Waals surface area contributed by atoms with E-state index in [1.807, 2.05) is 42.5 Å². The van der Waals surface area contributed by atoms with Crippen molar-refractivity contribution in [2.45, 2.75) is 0 Å². The van der Waals surface area contributed by atoms with Gasteiger partial charge in [0.15, 0.2) is 0 Å². The Bertz CT molecular complexity index is 4860. The lowest BCUT2D eigenvalue weighted by molar-refractivity contribution is 1.09. The van der Waals surface area contributed by atoms with Crippen molar-refractivity contribution in [1.29, 1.82) is 0 Å². The Kier molecular flexibility index (Phi) is 13.9. The van der Waals surface area contributed by atoms with E-state index in [4.69, 9.17) is 5.73 Å². The first-order valence-corrected chi connectivity index (χ1v) is 30.6. The van der Waals surface area contributed by atoms with E-state index in [0.29, 0.717) is 0 Å². The van der Waals surface area contributed by atoms with Gasteiger partial charge in [-0.1, -0.05) is 200 Å². The number of rotatable bonds is 8. The first-order chi connectivity index (χ1) is 42.9. The van der Waals surface area contributed by atoms with Crippen LogP contribution in [0, 0.1) is 0 Å². The fraction of sp³-hybridized carbons (Fsp3) is 0. The van der Waals surface area contributed by atoms with Gasteiger partial charge in [-0.05, 0) is 141 Å². The van der Waals surface area contributed by atoms with Crippen molar-refractivity contribution in [2.24, 2.45) is 0 Å². The Labute approximate surface area is 519 Å². The molecule has 0 aliphatic heterocycles. The summed E-state index contributed by atoms with van der Waals surface area (Å²) in [5.74, 6) is 0. The number of hydrogen-bond donors (Lipinski definition) is 3. The van der Waals surface area contributed by atoms with E-state index < -0.39 is 0 Å². The zero-order valence-electron chi connectivity index (χ0n) is 47.1. The molecule has 0 aliphatic carbocycles. The monoisotopic (exact) mass is 1250 g/mol. The molecule has 17 rings (SSSR count). The second kappa shape index (κ2) is 22.8. The van der Waals surface area contributed by atoms with Gasteiger partial charge in [-0.25, -0.2) is 0 Å². The van der Waals surface area contributed by atoms with Gasteiger partial charge < -0.3 is 34.6 Å². The van der Waals surface area contributed by atoms with Crippen LogP contribution < -0.4 is 16.4 Å². The molecule has 4 N–H and O–H groups in total. The fourth-order valence-electron chi connectivity index (χ4n) is 12.6. The van der Waals surface area contributed by atoms with Crippen molar-refractivity contribution in [3.8, 4) is 22.7 Å². The van der Waals surface area contributed by atoms with Crippen molar-refractivity contribution in [1.82, 2.24) is 18.3 Å². The molecule has 0 saturated carbocycles. The van der Waals surface area contributed by atoms with Crippen molar-refractivity contribution in [3.63, 3.8) is 0 Å². The molecule has 87 heavy (non-hydrogen) atoms. The molecule has 0 radical (unpaired) electrons. The molecular weight excluding hydrogens is 1190 g/mol. The van der Waals surface area contributed by atoms with Gasteiger partial charge in [0.25, 0.3) is 0 Å². The van der Waals surface area contributed by atoms with Gasteiger partial charge in [0.05, 0.1) is 78.3 Å². The molecule has 0 spiro atoms. The average molecular weight is 1250 g/mol. The quantitative estimate of drug-likeness (QED) is 0.133. The summed E-state index contributed by atoms with van der Waals surface area (Å²) in [6.07, 6.45) is 0. The average Bonchev–Trinajstić information content (AvgIpc) is 1.83. The summed E-state index contributed by atoms with van der Waals surface area (Å²) >= 11 is 7.57. The maximum Gasteiger partial charge on any atom is 0.0725 e. The van der Waals surface area contributed by atoms with Gasteiger partial charge in [-0.3, -0.25) is 0 Å². The molecule has 7 nitrogen and oxygen atoms in total. The number of para-hydroxylation sites is 11. The predicted molar refractivity (Wildman–Crippen MR) is 376 cm³/mol. The third-order valence-corrected chi connectivity index (χ3v) is 18.2. The number of nitrogen functional groups attached to an aromatic ring is 1. The lowest BCUT2D eigenvalue weighted by Crippen LogP contribution is -2.07. The summed E-state index contributed by atoms with van der Waals surface area (Å²) in [5, 5.41) is 17.5. The van der Waals surface area contributed by atoms with Crippen LogP contribution in [-0.4, -0.2) is 18.3 Å². The van der Waals surface area contributed by atoms with Gasteiger partial charge >= 0.3 is 0 Å². The minimum atomic E-state index is 0.822. The highest BCUT2D eigenvalue weighted by atomic mass is 79.9. The molecule has 0 saturated heterocycles. The molecule has 9 heteroatoms. The second-order valence-electron chi connectivity index (χ2n) is 21.5. The van der Waals surface area contributed by atoms with Crippen LogP contribution in [0.5, 0.6) is 0 Å². The molecule has 4 heterocycles. The fourth-order valence-corrected chi connectivity index (χ4v) is 13.2. The number of nitrogens with zero attached hydrogens (tertiary/aromatic N) is 4. The van der Waals surface area contributed by atoms with Gasteiger partial charge in [0.2, 0.25) is 0 Å². The predicted octanol–water partition coefficient (Wildman–Crippen LogP) is 22.0. The number of aromatic nitrogens is 4.